The van der Waals surface area contributed by atoms with Gasteiger partial charge in [-0.2, -0.15) is 4.98 Å². The van der Waals surface area contributed by atoms with Gasteiger partial charge in [-0.3, -0.25) is 0 Å². The lowest BCUT2D eigenvalue weighted by atomic mass is 9.91. The van der Waals surface area contributed by atoms with Gasteiger partial charge in [-0.05, 0) is 19.3 Å². The second-order valence-electron chi connectivity index (χ2n) is 5.05. The lowest BCUT2D eigenvalue weighted by Crippen LogP contribution is -2.11. The third-order valence-electron chi connectivity index (χ3n) is 3.68. The van der Waals surface area contributed by atoms with Crippen molar-refractivity contribution in [3.8, 4) is 0 Å². The predicted octanol–water partition coefficient (Wildman–Crippen LogP) is 3.31. The van der Waals surface area contributed by atoms with Gasteiger partial charge in [-0.15, -0.1) is 0 Å². The first kappa shape index (κ1) is 12.6. The van der Waals surface area contributed by atoms with Gasteiger partial charge in [0.15, 0.2) is 5.82 Å². The van der Waals surface area contributed by atoms with Gasteiger partial charge in [0, 0.05) is 5.92 Å². The average molecular weight is 237 g/mol. The van der Waals surface area contributed by atoms with Gasteiger partial charge in [0.2, 0.25) is 5.89 Å². The van der Waals surface area contributed by atoms with Crippen LogP contribution in [0, 0.1) is 0 Å². The Bertz CT molecular complexity index is 329. The Kier molecular flexibility index (Phi) is 4.54. The quantitative estimate of drug-likeness (QED) is 0.876. The third kappa shape index (κ3) is 3.28. The minimum absolute atomic E-state index is 0.0824. The number of aromatic nitrogens is 2. The van der Waals surface area contributed by atoms with Crippen molar-refractivity contribution in [2.24, 2.45) is 5.73 Å². The molecule has 4 nitrogen and oxygen atoms in total. The minimum atomic E-state index is -0.0824. The van der Waals surface area contributed by atoms with E-state index in [-0.39, 0.29) is 6.04 Å². The molecule has 0 radical (unpaired) electrons. The molecule has 2 rings (SSSR count). The molecular weight excluding hydrogens is 214 g/mol. The SMILES string of the molecule is CCC(N)c1noc(C2CCCCCCC2)n1. The second-order valence-corrected chi connectivity index (χ2v) is 5.05. The number of nitrogens with zero attached hydrogens (tertiary/aromatic N) is 2. The van der Waals surface area contributed by atoms with Crippen LogP contribution < -0.4 is 5.73 Å². The van der Waals surface area contributed by atoms with Crippen molar-refractivity contribution in [2.75, 3.05) is 0 Å². The molecule has 0 saturated heterocycles. The highest BCUT2D eigenvalue weighted by Crippen LogP contribution is 2.30. The van der Waals surface area contributed by atoms with Gasteiger partial charge in [-0.1, -0.05) is 44.2 Å². The molecule has 0 amide bonds. The highest BCUT2D eigenvalue weighted by atomic mass is 16.5. The Morgan fingerprint density at radius 1 is 1.24 bits per heavy atom. The maximum atomic E-state index is 5.91. The monoisotopic (exact) mass is 237 g/mol. The van der Waals surface area contributed by atoms with Crippen LogP contribution in [0.1, 0.15) is 82.0 Å². The van der Waals surface area contributed by atoms with Crippen LogP contribution in [0.3, 0.4) is 0 Å². The summed E-state index contributed by atoms with van der Waals surface area (Å²) in [7, 11) is 0. The van der Waals surface area contributed by atoms with Gasteiger partial charge in [0.25, 0.3) is 0 Å². The topological polar surface area (TPSA) is 64.9 Å². The van der Waals surface area contributed by atoms with Crippen molar-refractivity contribution in [3.63, 3.8) is 0 Å². The second kappa shape index (κ2) is 6.15. The molecule has 2 N–H and O–H groups in total. The molecule has 1 aliphatic carbocycles. The van der Waals surface area contributed by atoms with Crippen molar-refractivity contribution >= 4 is 0 Å². The molecule has 1 aromatic heterocycles. The Hall–Kier alpha value is -0.900. The lowest BCUT2D eigenvalue weighted by Gasteiger charge is -2.15. The highest BCUT2D eigenvalue weighted by molar-refractivity contribution is 4.97. The fourth-order valence-electron chi connectivity index (χ4n) is 2.45. The Balaban J connectivity index is 2.01. The predicted molar refractivity (Wildman–Crippen MR) is 66.6 cm³/mol. The largest absolute Gasteiger partial charge is 0.339 e. The Labute approximate surface area is 103 Å². The molecular formula is C13H23N3O. The normalized spacial score (nSPS) is 20.8. The molecule has 96 valence electrons. The molecule has 0 bridgehead atoms. The average Bonchev–Trinajstić information content (AvgIpc) is 2.77. The molecule has 1 aromatic rings. The Morgan fingerprint density at radius 2 is 1.88 bits per heavy atom. The summed E-state index contributed by atoms with van der Waals surface area (Å²) in [4.78, 5) is 4.47. The number of hydrogen-bond donors (Lipinski definition) is 1. The van der Waals surface area contributed by atoms with Crippen LogP contribution in [0.4, 0.5) is 0 Å². The zero-order valence-corrected chi connectivity index (χ0v) is 10.7. The highest BCUT2D eigenvalue weighted by Gasteiger charge is 2.21. The van der Waals surface area contributed by atoms with E-state index in [1.807, 2.05) is 6.92 Å². The summed E-state index contributed by atoms with van der Waals surface area (Å²) in [6.45, 7) is 2.04. The van der Waals surface area contributed by atoms with Gasteiger partial charge < -0.3 is 10.3 Å². The summed E-state index contributed by atoms with van der Waals surface area (Å²) in [5.74, 6) is 1.94. The Morgan fingerprint density at radius 3 is 2.53 bits per heavy atom. The van der Waals surface area contributed by atoms with E-state index in [0.29, 0.717) is 11.7 Å². The number of hydrogen-bond acceptors (Lipinski definition) is 4. The molecule has 17 heavy (non-hydrogen) atoms. The summed E-state index contributed by atoms with van der Waals surface area (Å²) in [5, 5.41) is 4.01. The maximum absolute atomic E-state index is 5.91. The zero-order valence-electron chi connectivity index (χ0n) is 10.7. The molecule has 1 atom stereocenters. The molecule has 1 unspecified atom stereocenters. The number of rotatable bonds is 3. The molecule has 4 heteroatoms. The van der Waals surface area contributed by atoms with Crippen molar-refractivity contribution in [2.45, 2.75) is 70.3 Å². The molecule has 0 spiro atoms. The van der Waals surface area contributed by atoms with Gasteiger partial charge in [0.05, 0.1) is 6.04 Å². The first-order valence-electron chi connectivity index (χ1n) is 6.90. The van der Waals surface area contributed by atoms with E-state index in [1.54, 1.807) is 0 Å². The van der Waals surface area contributed by atoms with E-state index in [1.165, 1.54) is 44.9 Å². The fourth-order valence-corrected chi connectivity index (χ4v) is 2.45. The van der Waals surface area contributed by atoms with Crippen LogP contribution in [-0.2, 0) is 0 Å². The van der Waals surface area contributed by atoms with Gasteiger partial charge in [0.1, 0.15) is 0 Å². The molecule has 1 saturated carbocycles. The summed E-state index contributed by atoms with van der Waals surface area (Å²) in [5.41, 5.74) is 5.91. The van der Waals surface area contributed by atoms with Gasteiger partial charge >= 0.3 is 0 Å². The molecule has 1 fully saturated rings. The summed E-state index contributed by atoms with van der Waals surface area (Å²) in [6, 6.07) is -0.0824. The van der Waals surface area contributed by atoms with E-state index in [4.69, 9.17) is 10.3 Å². The van der Waals surface area contributed by atoms with Gasteiger partial charge in [-0.25, -0.2) is 0 Å². The van der Waals surface area contributed by atoms with Crippen LogP contribution in [0.25, 0.3) is 0 Å². The van der Waals surface area contributed by atoms with E-state index in [2.05, 4.69) is 10.1 Å². The lowest BCUT2D eigenvalue weighted by molar-refractivity contribution is 0.319. The maximum Gasteiger partial charge on any atom is 0.229 e. The summed E-state index contributed by atoms with van der Waals surface area (Å²) in [6.07, 6.45) is 9.83. The summed E-state index contributed by atoms with van der Waals surface area (Å²) < 4.78 is 5.38. The number of nitrogens with two attached hydrogens (primary N) is 1. The van der Waals surface area contributed by atoms with Crippen LogP contribution >= 0.6 is 0 Å². The van der Waals surface area contributed by atoms with E-state index >= 15 is 0 Å². The van der Waals surface area contributed by atoms with Crippen LogP contribution in [0.15, 0.2) is 4.52 Å². The molecule has 0 aliphatic heterocycles. The molecule has 1 aliphatic rings. The minimum Gasteiger partial charge on any atom is -0.339 e. The molecule has 1 heterocycles. The van der Waals surface area contributed by atoms with E-state index in [0.717, 1.165) is 12.3 Å². The van der Waals surface area contributed by atoms with Crippen molar-refractivity contribution < 1.29 is 4.52 Å². The van der Waals surface area contributed by atoms with Crippen LogP contribution in [0.5, 0.6) is 0 Å². The van der Waals surface area contributed by atoms with Crippen molar-refractivity contribution in [1.29, 1.82) is 0 Å². The van der Waals surface area contributed by atoms with Crippen LogP contribution in [-0.4, -0.2) is 10.1 Å². The van der Waals surface area contributed by atoms with E-state index < -0.39 is 0 Å². The summed E-state index contributed by atoms with van der Waals surface area (Å²) >= 11 is 0. The first-order chi connectivity index (χ1) is 8.31. The van der Waals surface area contributed by atoms with Crippen molar-refractivity contribution in [3.05, 3.63) is 11.7 Å². The smallest absolute Gasteiger partial charge is 0.229 e. The van der Waals surface area contributed by atoms with Crippen molar-refractivity contribution in [1.82, 2.24) is 10.1 Å². The van der Waals surface area contributed by atoms with E-state index in [9.17, 15) is 0 Å². The fraction of sp³-hybridized carbons (Fsp3) is 0.846. The third-order valence-corrected chi connectivity index (χ3v) is 3.68. The standard InChI is InChI=1S/C13H23N3O/c1-2-11(14)12-15-13(17-16-12)10-8-6-4-3-5-7-9-10/h10-11H,2-9,14H2,1H3. The first-order valence-corrected chi connectivity index (χ1v) is 6.90. The van der Waals surface area contributed by atoms with Crippen LogP contribution in [0.2, 0.25) is 0 Å². The zero-order chi connectivity index (χ0) is 12.1. The molecule has 0 aromatic carbocycles.